The van der Waals surface area contributed by atoms with E-state index in [0.717, 1.165) is 29.9 Å². The van der Waals surface area contributed by atoms with Gasteiger partial charge in [0.15, 0.2) is 0 Å². The Hall–Kier alpha value is -2.67. The minimum absolute atomic E-state index is 0.156. The molecule has 2 aromatic rings. The lowest BCUT2D eigenvalue weighted by atomic mass is 10.0. The molecule has 1 aromatic heterocycles. The van der Waals surface area contributed by atoms with E-state index in [1.807, 2.05) is 53.8 Å². The number of hydrogen-bond acceptors (Lipinski definition) is 4. The highest BCUT2D eigenvalue weighted by Gasteiger charge is 2.28. The zero-order valence-corrected chi connectivity index (χ0v) is 15.2. The Labute approximate surface area is 153 Å². The fourth-order valence-corrected chi connectivity index (χ4v) is 3.51. The second-order valence-corrected chi connectivity index (χ2v) is 6.73. The lowest BCUT2D eigenvalue weighted by Crippen LogP contribution is -2.50. The zero-order valence-electron chi connectivity index (χ0n) is 15.2. The average Bonchev–Trinajstić information content (AvgIpc) is 2.91. The summed E-state index contributed by atoms with van der Waals surface area (Å²) in [6.45, 7) is 4.66. The number of likely N-dealkylation sites (tertiary alicyclic amines) is 1. The molecule has 0 saturated carbocycles. The van der Waals surface area contributed by atoms with Gasteiger partial charge in [-0.2, -0.15) is 5.10 Å². The van der Waals surface area contributed by atoms with Crippen molar-refractivity contribution in [1.82, 2.24) is 14.7 Å². The van der Waals surface area contributed by atoms with Gasteiger partial charge in [0, 0.05) is 0 Å². The fraction of sp³-hybridized carbons (Fsp3) is 0.421. The quantitative estimate of drug-likeness (QED) is 0.855. The molecule has 2 heterocycles. The van der Waals surface area contributed by atoms with Gasteiger partial charge in [0.05, 0.1) is 35.3 Å². The molecule has 2 amide bonds. The Bertz CT molecular complexity index is 800. The molecule has 1 unspecified atom stereocenters. The van der Waals surface area contributed by atoms with Gasteiger partial charge in [0.1, 0.15) is 0 Å². The van der Waals surface area contributed by atoms with Crippen LogP contribution in [-0.2, 0) is 9.59 Å². The summed E-state index contributed by atoms with van der Waals surface area (Å²) >= 11 is 0. The fourth-order valence-electron chi connectivity index (χ4n) is 3.51. The molecule has 1 aliphatic heterocycles. The van der Waals surface area contributed by atoms with E-state index in [9.17, 15) is 9.59 Å². The lowest BCUT2D eigenvalue weighted by molar-refractivity contribution is -0.126. The van der Waals surface area contributed by atoms with E-state index in [0.29, 0.717) is 18.7 Å². The number of carbonyl (C=O) groups excluding carboxylic acids is 2. The number of nitrogens with zero attached hydrogens (tertiary/aromatic N) is 3. The summed E-state index contributed by atoms with van der Waals surface area (Å²) in [6, 6.07) is 9.43. The van der Waals surface area contributed by atoms with Gasteiger partial charge in [-0.25, -0.2) is 4.68 Å². The van der Waals surface area contributed by atoms with E-state index in [-0.39, 0.29) is 24.4 Å². The molecule has 1 aliphatic rings. The Morgan fingerprint density at radius 2 is 1.96 bits per heavy atom. The van der Waals surface area contributed by atoms with E-state index in [4.69, 9.17) is 5.73 Å². The molecule has 3 rings (SSSR count). The number of primary amides is 1. The predicted molar refractivity (Wildman–Crippen MR) is 100 cm³/mol. The number of nitrogens with one attached hydrogen (secondary N) is 1. The van der Waals surface area contributed by atoms with E-state index in [2.05, 4.69) is 10.4 Å². The first-order valence-electron chi connectivity index (χ1n) is 8.92. The van der Waals surface area contributed by atoms with Crippen molar-refractivity contribution in [2.75, 3.05) is 18.4 Å². The molecule has 7 heteroatoms. The van der Waals surface area contributed by atoms with Crippen molar-refractivity contribution in [2.45, 2.75) is 39.2 Å². The summed E-state index contributed by atoms with van der Waals surface area (Å²) in [5.74, 6) is -0.515. The second-order valence-electron chi connectivity index (χ2n) is 6.73. The zero-order chi connectivity index (χ0) is 18.7. The van der Waals surface area contributed by atoms with Gasteiger partial charge in [-0.3, -0.25) is 14.5 Å². The Morgan fingerprint density at radius 3 is 2.65 bits per heavy atom. The van der Waals surface area contributed by atoms with Crippen LogP contribution in [0.4, 0.5) is 5.69 Å². The molecule has 1 atom stereocenters. The highest BCUT2D eigenvalue weighted by molar-refractivity contribution is 5.94. The second kappa shape index (κ2) is 7.70. The van der Waals surface area contributed by atoms with Crippen LogP contribution < -0.4 is 11.1 Å². The molecule has 0 aliphatic carbocycles. The SMILES string of the molecule is Cc1nn(-c2ccccc2)c(C)c1NC(=O)CN1CCCCC1C(N)=O. The maximum atomic E-state index is 12.6. The van der Waals surface area contributed by atoms with Crippen molar-refractivity contribution in [2.24, 2.45) is 5.73 Å². The Balaban J connectivity index is 1.73. The van der Waals surface area contributed by atoms with Crippen LogP contribution in [0.5, 0.6) is 0 Å². The van der Waals surface area contributed by atoms with Gasteiger partial charge in [0.2, 0.25) is 11.8 Å². The molecule has 0 radical (unpaired) electrons. The van der Waals surface area contributed by atoms with Crippen molar-refractivity contribution < 1.29 is 9.59 Å². The predicted octanol–water partition coefficient (Wildman–Crippen LogP) is 1.77. The highest BCUT2D eigenvalue weighted by atomic mass is 16.2. The third-order valence-corrected chi connectivity index (χ3v) is 4.85. The monoisotopic (exact) mass is 355 g/mol. The van der Waals surface area contributed by atoms with Crippen molar-refractivity contribution in [1.29, 1.82) is 0 Å². The van der Waals surface area contributed by atoms with Gasteiger partial charge < -0.3 is 11.1 Å². The van der Waals surface area contributed by atoms with Crippen LogP contribution in [0.1, 0.15) is 30.7 Å². The maximum Gasteiger partial charge on any atom is 0.238 e. The van der Waals surface area contributed by atoms with Crippen molar-refractivity contribution in [3.63, 3.8) is 0 Å². The number of benzene rings is 1. The van der Waals surface area contributed by atoms with Gasteiger partial charge in [-0.15, -0.1) is 0 Å². The number of rotatable bonds is 5. The summed E-state index contributed by atoms with van der Waals surface area (Å²) in [6.07, 6.45) is 2.65. The van der Waals surface area contributed by atoms with Crippen molar-refractivity contribution in [3.8, 4) is 5.69 Å². The van der Waals surface area contributed by atoms with Crippen LogP contribution in [0.2, 0.25) is 0 Å². The van der Waals surface area contributed by atoms with Gasteiger partial charge in [0.25, 0.3) is 0 Å². The Kier molecular flexibility index (Phi) is 5.37. The molecule has 0 spiro atoms. The van der Waals surface area contributed by atoms with Crippen LogP contribution in [-0.4, -0.2) is 45.6 Å². The largest absolute Gasteiger partial charge is 0.368 e. The number of anilines is 1. The topological polar surface area (TPSA) is 93.2 Å². The van der Waals surface area contributed by atoms with Gasteiger partial charge >= 0.3 is 0 Å². The van der Waals surface area contributed by atoms with Crippen LogP contribution in [0.25, 0.3) is 5.69 Å². The molecule has 26 heavy (non-hydrogen) atoms. The summed E-state index contributed by atoms with van der Waals surface area (Å²) < 4.78 is 1.82. The molecule has 0 bridgehead atoms. The number of aryl methyl sites for hydroxylation is 1. The van der Waals surface area contributed by atoms with Crippen LogP contribution in [0.3, 0.4) is 0 Å². The number of aromatic nitrogens is 2. The number of carbonyl (C=O) groups is 2. The standard InChI is InChI=1S/C19H25N5O2/c1-13-18(14(2)24(22-13)15-8-4-3-5-9-15)21-17(25)12-23-11-7-6-10-16(23)19(20)26/h3-5,8-9,16H,6-7,10-12H2,1-2H3,(H2,20,26)(H,21,25). The summed E-state index contributed by atoms with van der Waals surface area (Å²) in [5.41, 5.74) is 8.76. The maximum absolute atomic E-state index is 12.6. The number of amides is 2. The van der Waals surface area contributed by atoms with Gasteiger partial charge in [-0.1, -0.05) is 24.6 Å². The first kappa shape index (κ1) is 18.1. The van der Waals surface area contributed by atoms with Crippen molar-refractivity contribution >= 4 is 17.5 Å². The highest BCUT2D eigenvalue weighted by Crippen LogP contribution is 2.23. The first-order chi connectivity index (χ1) is 12.5. The number of para-hydroxylation sites is 1. The average molecular weight is 355 g/mol. The van der Waals surface area contributed by atoms with Crippen molar-refractivity contribution in [3.05, 3.63) is 41.7 Å². The summed E-state index contributed by atoms with van der Waals surface area (Å²) in [5, 5.41) is 7.50. The van der Waals surface area contributed by atoms with E-state index in [1.165, 1.54) is 0 Å². The van der Waals surface area contributed by atoms with E-state index < -0.39 is 0 Å². The molecule has 7 nitrogen and oxygen atoms in total. The molecule has 138 valence electrons. The molecule has 1 fully saturated rings. The van der Waals surface area contributed by atoms with Crippen LogP contribution in [0, 0.1) is 13.8 Å². The normalized spacial score (nSPS) is 17.8. The number of piperidine rings is 1. The van der Waals surface area contributed by atoms with Gasteiger partial charge in [-0.05, 0) is 45.4 Å². The Morgan fingerprint density at radius 1 is 1.23 bits per heavy atom. The summed E-state index contributed by atoms with van der Waals surface area (Å²) in [4.78, 5) is 26.0. The third-order valence-electron chi connectivity index (χ3n) is 4.85. The van der Waals surface area contributed by atoms with Crippen LogP contribution >= 0.6 is 0 Å². The molecule has 1 aromatic carbocycles. The smallest absolute Gasteiger partial charge is 0.238 e. The number of nitrogens with two attached hydrogens (primary N) is 1. The summed E-state index contributed by atoms with van der Waals surface area (Å²) in [7, 11) is 0. The molecule has 3 N–H and O–H groups in total. The first-order valence-corrected chi connectivity index (χ1v) is 8.92. The van der Waals surface area contributed by atoms with E-state index >= 15 is 0 Å². The number of hydrogen-bond donors (Lipinski definition) is 2. The minimum atomic E-state index is -0.359. The molecular weight excluding hydrogens is 330 g/mol. The minimum Gasteiger partial charge on any atom is -0.368 e. The lowest BCUT2D eigenvalue weighted by Gasteiger charge is -2.32. The molecular formula is C19H25N5O2. The van der Waals surface area contributed by atoms with Crippen LogP contribution in [0.15, 0.2) is 30.3 Å². The molecule has 1 saturated heterocycles. The van der Waals surface area contributed by atoms with E-state index in [1.54, 1.807) is 0 Å². The third kappa shape index (κ3) is 3.77.